The zero-order valence-electron chi connectivity index (χ0n) is 17.3. The summed E-state index contributed by atoms with van der Waals surface area (Å²) in [6.07, 6.45) is 0. The van der Waals surface area contributed by atoms with Crippen LogP contribution in [0.15, 0.2) is 101 Å². The molecule has 0 aliphatic heterocycles. The van der Waals surface area contributed by atoms with E-state index >= 15 is 0 Å². The summed E-state index contributed by atoms with van der Waals surface area (Å²) in [7, 11) is -4.94. The number of rotatable bonds is 5. The zero-order chi connectivity index (χ0) is 23.0. The lowest BCUT2D eigenvalue weighted by Crippen LogP contribution is -2.68. The molecular formula is C25H21ClO6. The fourth-order valence-corrected chi connectivity index (χ4v) is 3.07. The first kappa shape index (κ1) is 23.4. The second-order valence-corrected chi connectivity index (χ2v) is 7.40. The van der Waals surface area contributed by atoms with E-state index in [0.717, 1.165) is 39.5 Å². The molecule has 0 N–H and O–H groups in total. The number of benzene rings is 3. The van der Waals surface area contributed by atoms with Gasteiger partial charge in [0.25, 0.3) is 0 Å². The summed E-state index contributed by atoms with van der Waals surface area (Å²) < 4.78 is 45.8. The number of ether oxygens (including phenoxy) is 1. The molecule has 1 aromatic heterocycles. The molecule has 0 aliphatic rings. The first-order chi connectivity index (χ1) is 15.3. The molecule has 0 amide bonds. The summed E-state index contributed by atoms with van der Waals surface area (Å²) in [5.74, 6) is 2.58. The van der Waals surface area contributed by atoms with Crippen molar-refractivity contribution in [2.75, 3.05) is 6.61 Å². The molecule has 4 rings (SSSR count). The van der Waals surface area contributed by atoms with Gasteiger partial charge in [-0.3, -0.25) is 0 Å². The van der Waals surface area contributed by atoms with Gasteiger partial charge in [-0.05, 0) is 48.9 Å². The van der Waals surface area contributed by atoms with Gasteiger partial charge in [0.05, 0.1) is 29.9 Å². The molecular weight excluding hydrogens is 432 g/mol. The molecule has 3 aromatic carbocycles. The highest BCUT2D eigenvalue weighted by molar-refractivity contribution is 5.74. The average Bonchev–Trinajstić information content (AvgIpc) is 2.80. The second kappa shape index (κ2) is 10.9. The van der Waals surface area contributed by atoms with Gasteiger partial charge in [-0.15, -0.1) is 10.2 Å². The topological polar surface area (TPSA) is 113 Å². The van der Waals surface area contributed by atoms with Gasteiger partial charge >= 0.3 is 11.5 Å². The molecule has 7 heteroatoms. The molecule has 164 valence electrons. The van der Waals surface area contributed by atoms with Crippen molar-refractivity contribution < 1.29 is 38.0 Å². The molecule has 0 saturated carbocycles. The van der Waals surface area contributed by atoms with Crippen LogP contribution in [0.25, 0.3) is 33.8 Å². The van der Waals surface area contributed by atoms with Crippen molar-refractivity contribution in [2.24, 2.45) is 0 Å². The van der Waals surface area contributed by atoms with Crippen LogP contribution in [0, 0.1) is 10.2 Å². The zero-order valence-corrected chi connectivity index (χ0v) is 18.0. The van der Waals surface area contributed by atoms with Crippen LogP contribution in [-0.2, 0) is 0 Å². The lowest BCUT2D eigenvalue weighted by molar-refractivity contribution is -2.00. The highest BCUT2D eigenvalue weighted by Crippen LogP contribution is 2.33. The Bertz CT molecular complexity index is 1050. The van der Waals surface area contributed by atoms with Crippen LogP contribution >= 0.6 is 0 Å². The summed E-state index contributed by atoms with van der Waals surface area (Å²) >= 11 is 0. The molecule has 0 unspecified atom stereocenters. The standard InChI is InChI=1S/C25H21O2.ClHO4/c1-2-26-23-15-13-19(14-16-23)22-17-24(20-9-5-3-6-10-20)27-25(18-22)21-11-7-4-8-12-21;2-1(3,4)5/h3-18H,2H2,1H3;(H,2,3,4,5)/q+1;/p-1. The maximum atomic E-state index is 8.49. The summed E-state index contributed by atoms with van der Waals surface area (Å²) in [5.41, 5.74) is 4.36. The van der Waals surface area contributed by atoms with Gasteiger partial charge in [-0.2, -0.15) is 0 Å². The Morgan fingerprint density at radius 1 is 0.625 bits per heavy atom. The molecule has 6 nitrogen and oxygen atoms in total. The highest BCUT2D eigenvalue weighted by Gasteiger charge is 2.20. The molecule has 32 heavy (non-hydrogen) atoms. The van der Waals surface area contributed by atoms with E-state index in [1.54, 1.807) is 0 Å². The minimum atomic E-state index is -4.94. The fourth-order valence-electron chi connectivity index (χ4n) is 3.07. The van der Waals surface area contributed by atoms with E-state index in [-0.39, 0.29) is 0 Å². The number of hydrogen-bond acceptors (Lipinski definition) is 5. The summed E-state index contributed by atoms with van der Waals surface area (Å²) in [5, 5.41) is 0. The maximum Gasteiger partial charge on any atom is 0.361 e. The van der Waals surface area contributed by atoms with Crippen molar-refractivity contribution in [1.29, 1.82) is 0 Å². The Hall–Kier alpha value is -3.26. The molecule has 0 bridgehead atoms. The third-order valence-electron chi connectivity index (χ3n) is 4.41. The summed E-state index contributed by atoms with van der Waals surface area (Å²) in [6, 6.07) is 32.8. The lowest BCUT2D eigenvalue weighted by atomic mass is 10.0. The Kier molecular flexibility index (Phi) is 7.94. The molecule has 0 saturated heterocycles. The van der Waals surface area contributed by atoms with E-state index in [1.807, 2.05) is 55.5 Å². The molecule has 1 heterocycles. The van der Waals surface area contributed by atoms with E-state index in [1.165, 1.54) is 0 Å². The van der Waals surface area contributed by atoms with Crippen molar-refractivity contribution in [3.05, 3.63) is 97.1 Å². The van der Waals surface area contributed by atoms with Crippen molar-refractivity contribution >= 4 is 0 Å². The van der Waals surface area contributed by atoms with Crippen LogP contribution in [0.3, 0.4) is 0 Å². The molecule has 0 fully saturated rings. The lowest BCUT2D eigenvalue weighted by Gasteiger charge is -2.17. The highest BCUT2D eigenvalue weighted by atomic mass is 35.7. The van der Waals surface area contributed by atoms with E-state index in [4.69, 9.17) is 27.8 Å². The summed E-state index contributed by atoms with van der Waals surface area (Å²) in [4.78, 5) is 0. The predicted molar refractivity (Wildman–Crippen MR) is 111 cm³/mol. The van der Waals surface area contributed by atoms with Crippen LogP contribution in [0.2, 0.25) is 0 Å². The van der Waals surface area contributed by atoms with Crippen molar-refractivity contribution in [1.82, 2.24) is 0 Å². The third-order valence-corrected chi connectivity index (χ3v) is 4.41. The average molecular weight is 453 g/mol. The second-order valence-electron chi connectivity index (χ2n) is 6.64. The third kappa shape index (κ3) is 7.16. The normalized spacial score (nSPS) is 10.8. The first-order valence-corrected chi connectivity index (χ1v) is 11.0. The quantitative estimate of drug-likeness (QED) is 0.429. The first-order valence-electron chi connectivity index (χ1n) is 9.77. The van der Waals surface area contributed by atoms with Crippen LogP contribution in [0.4, 0.5) is 0 Å². The van der Waals surface area contributed by atoms with E-state index in [2.05, 4.69) is 48.5 Å². The molecule has 0 spiro atoms. The Labute approximate surface area is 188 Å². The van der Waals surface area contributed by atoms with Crippen LogP contribution < -0.4 is 23.4 Å². The molecule has 0 radical (unpaired) electrons. The Morgan fingerprint density at radius 3 is 1.47 bits per heavy atom. The largest absolute Gasteiger partial charge is 0.494 e. The van der Waals surface area contributed by atoms with E-state index < -0.39 is 10.2 Å². The monoisotopic (exact) mass is 452 g/mol. The van der Waals surface area contributed by atoms with Crippen LogP contribution in [0.1, 0.15) is 6.92 Å². The van der Waals surface area contributed by atoms with Gasteiger partial charge in [0.2, 0.25) is 0 Å². The molecule has 4 aromatic rings. The Morgan fingerprint density at radius 2 is 1.06 bits per heavy atom. The van der Waals surface area contributed by atoms with Gasteiger partial charge in [0, 0.05) is 5.56 Å². The summed E-state index contributed by atoms with van der Waals surface area (Å²) in [6.45, 7) is 2.66. The van der Waals surface area contributed by atoms with Gasteiger partial charge < -0.3 is 4.74 Å². The van der Waals surface area contributed by atoms with E-state index in [9.17, 15) is 0 Å². The molecule has 0 atom stereocenters. The number of hydrogen-bond donors (Lipinski definition) is 0. The minimum Gasteiger partial charge on any atom is -0.494 e. The number of halogens is 1. The van der Waals surface area contributed by atoms with Gasteiger partial charge in [-0.1, -0.05) is 48.5 Å². The predicted octanol–water partition coefficient (Wildman–Crippen LogP) is 2.20. The van der Waals surface area contributed by atoms with Crippen LogP contribution in [-0.4, -0.2) is 6.61 Å². The van der Waals surface area contributed by atoms with Crippen molar-refractivity contribution in [2.45, 2.75) is 6.92 Å². The van der Waals surface area contributed by atoms with Crippen molar-refractivity contribution in [3.63, 3.8) is 0 Å². The smallest absolute Gasteiger partial charge is 0.361 e. The van der Waals surface area contributed by atoms with Crippen molar-refractivity contribution in [3.8, 4) is 39.5 Å². The van der Waals surface area contributed by atoms with Gasteiger partial charge in [-0.25, -0.2) is 23.1 Å². The van der Waals surface area contributed by atoms with Gasteiger partial charge in [0.15, 0.2) is 0 Å². The van der Waals surface area contributed by atoms with Gasteiger partial charge in [0.1, 0.15) is 5.75 Å². The van der Waals surface area contributed by atoms with E-state index in [0.29, 0.717) is 6.61 Å². The SMILES string of the molecule is CCOc1ccc(-c2cc(-c3ccccc3)[o+]c(-c3ccccc3)c2)cc1.[O-][Cl+3]([O-])([O-])[O-]. The Balaban J connectivity index is 0.000000523. The molecule has 0 aliphatic carbocycles. The fraction of sp³-hybridized carbons (Fsp3) is 0.0800. The maximum absolute atomic E-state index is 8.49. The van der Waals surface area contributed by atoms with Crippen LogP contribution in [0.5, 0.6) is 5.75 Å². The minimum absolute atomic E-state index is 0.667.